The third-order valence-electron chi connectivity index (χ3n) is 3.18. The van der Waals surface area contributed by atoms with Gasteiger partial charge in [-0.25, -0.2) is 4.79 Å². The van der Waals surface area contributed by atoms with Crippen molar-refractivity contribution in [3.05, 3.63) is 34.9 Å². The van der Waals surface area contributed by atoms with Crippen LogP contribution in [-0.4, -0.2) is 40.9 Å². The molecule has 0 saturated heterocycles. The van der Waals surface area contributed by atoms with Gasteiger partial charge >= 0.3 is 12.0 Å². The zero-order valence-electron chi connectivity index (χ0n) is 13.1. The van der Waals surface area contributed by atoms with Crippen molar-refractivity contribution in [1.29, 1.82) is 0 Å². The van der Waals surface area contributed by atoms with Gasteiger partial charge in [-0.2, -0.15) is 9.98 Å². The predicted molar refractivity (Wildman–Crippen MR) is 94.3 cm³/mol. The first-order valence-electron chi connectivity index (χ1n) is 7.18. The van der Waals surface area contributed by atoms with E-state index in [0.29, 0.717) is 16.3 Å². The molecule has 1 heterocycles. The SMILES string of the molecule is CCOC(=O)C1C(C)=NC(=O)N=C1SCC(=O)c1ccc(Cl)cc1. The number of nitrogens with zero attached hydrogens (tertiary/aromatic N) is 2. The van der Waals surface area contributed by atoms with Crippen LogP contribution >= 0.6 is 23.4 Å². The van der Waals surface area contributed by atoms with Gasteiger partial charge in [-0.3, -0.25) is 9.59 Å². The van der Waals surface area contributed by atoms with Gasteiger partial charge < -0.3 is 4.74 Å². The Kier molecular flexibility index (Phi) is 6.28. The molecule has 0 radical (unpaired) electrons. The van der Waals surface area contributed by atoms with Gasteiger partial charge in [0.1, 0.15) is 5.92 Å². The van der Waals surface area contributed by atoms with Crippen molar-refractivity contribution in [3.63, 3.8) is 0 Å². The van der Waals surface area contributed by atoms with Gasteiger partial charge in [-0.15, -0.1) is 11.8 Å². The lowest BCUT2D eigenvalue weighted by Gasteiger charge is -2.19. The fourth-order valence-electron chi connectivity index (χ4n) is 2.05. The van der Waals surface area contributed by atoms with Crippen LogP contribution in [0.3, 0.4) is 0 Å². The molecule has 126 valence electrons. The quantitative estimate of drug-likeness (QED) is 0.588. The Morgan fingerprint density at radius 3 is 2.54 bits per heavy atom. The summed E-state index contributed by atoms with van der Waals surface area (Å²) < 4.78 is 5.00. The maximum absolute atomic E-state index is 12.2. The molecule has 2 rings (SSSR count). The molecular formula is C16H15ClN2O4S. The number of benzene rings is 1. The normalized spacial score (nSPS) is 17.1. The van der Waals surface area contributed by atoms with Crippen LogP contribution in [0.2, 0.25) is 5.02 Å². The van der Waals surface area contributed by atoms with Gasteiger partial charge in [0.05, 0.1) is 17.4 Å². The number of ketones is 1. The fraction of sp³-hybridized carbons (Fsp3) is 0.312. The molecule has 0 fully saturated rings. The van der Waals surface area contributed by atoms with E-state index in [-0.39, 0.29) is 23.2 Å². The largest absolute Gasteiger partial charge is 0.465 e. The molecular weight excluding hydrogens is 352 g/mol. The second-order valence-electron chi connectivity index (χ2n) is 4.89. The number of ether oxygens (including phenoxy) is 1. The van der Waals surface area contributed by atoms with Gasteiger partial charge in [0.15, 0.2) is 5.78 Å². The third-order valence-corrected chi connectivity index (χ3v) is 4.46. The summed E-state index contributed by atoms with van der Waals surface area (Å²) in [5.41, 5.74) is 0.808. The van der Waals surface area contributed by atoms with E-state index in [1.165, 1.54) is 0 Å². The topological polar surface area (TPSA) is 85.2 Å². The molecule has 1 atom stereocenters. The van der Waals surface area contributed by atoms with Gasteiger partial charge in [-0.1, -0.05) is 11.6 Å². The van der Waals surface area contributed by atoms with Gasteiger partial charge in [0.2, 0.25) is 0 Å². The number of carbonyl (C=O) groups excluding carboxylic acids is 3. The second-order valence-corrected chi connectivity index (χ2v) is 6.32. The maximum Gasteiger partial charge on any atom is 0.367 e. The lowest BCUT2D eigenvalue weighted by molar-refractivity contribution is -0.143. The maximum atomic E-state index is 12.2. The zero-order chi connectivity index (χ0) is 17.7. The summed E-state index contributed by atoms with van der Waals surface area (Å²) in [6, 6.07) is 5.80. The van der Waals surface area contributed by atoms with E-state index < -0.39 is 17.9 Å². The molecule has 0 saturated carbocycles. The Hall–Kier alpha value is -1.99. The number of urea groups is 1. The highest BCUT2D eigenvalue weighted by molar-refractivity contribution is 8.14. The van der Waals surface area contributed by atoms with Crippen LogP contribution in [0, 0.1) is 5.92 Å². The molecule has 0 N–H and O–H groups in total. The summed E-state index contributed by atoms with van der Waals surface area (Å²) in [6.07, 6.45) is 0. The van der Waals surface area contributed by atoms with E-state index in [1.54, 1.807) is 38.1 Å². The van der Waals surface area contributed by atoms with Crippen molar-refractivity contribution in [2.45, 2.75) is 13.8 Å². The van der Waals surface area contributed by atoms with Crippen molar-refractivity contribution in [3.8, 4) is 0 Å². The van der Waals surface area contributed by atoms with Crippen LogP contribution in [0.1, 0.15) is 24.2 Å². The molecule has 0 aromatic heterocycles. The molecule has 0 spiro atoms. The Labute approximate surface area is 148 Å². The minimum atomic E-state index is -0.842. The third kappa shape index (κ3) is 4.52. The molecule has 24 heavy (non-hydrogen) atoms. The number of halogens is 1. The van der Waals surface area contributed by atoms with Crippen molar-refractivity contribution in [1.82, 2.24) is 0 Å². The number of esters is 1. The smallest absolute Gasteiger partial charge is 0.367 e. The minimum Gasteiger partial charge on any atom is -0.465 e. The molecule has 1 aromatic carbocycles. The predicted octanol–water partition coefficient (Wildman–Crippen LogP) is 3.43. The second kappa shape index (κ2) is 8.21. The summed E-state index contributed by atoms with van der Waals surface area (Å²) in [4.78, 5) is 43.3. The number of thioether (sulfide) groups is 1. The van der Waals surface area contributed by atoms with Crippen molar-refractivity contribution < 1.29 is 19.1 Å². The van der Waals surface area contributed by atoms with E-state index in [2.05, 4.69) is 9.98 Å². The van der Waals surface area contributed by atoms with Crippen molar-refractivity contribution in [2.24, 2.45) is 15.9 Å². The van der Waals surface area contributed by atoms with Crippen LogP contribution in [-0.2, 0) is 9.53 Å². The monoisotopic (exact) mass is 366 g/mol. The molecule has 6 nitrogen and oxygen atoms in total. The Bertz CT molecular complexity index is 728. The van der Waals surface area contributed by atoms with E-state index in [0.717, 1.165) is 11.8 Å². The first-order chi connectivity index (χ1) is 11.4. The standard InChI is InChI=1S/C16H15ClN2O4S/c1-3-23-15(21)13-9(2)18-16(22)19-14(13)24-8-12(20)10-4-6-11(17)7-5-10/h4-7,13H,3,8H2,1-2H3. The average Bonchev–Trinajstić information content (AvgIpc) is 2.52. The first-order valence-corrected chi connectivity index (χ1v) is 8.54. The highest BCUT2D eigenvalue weighted by Gasteiger charge is 2.33. The average molecular weight is 367 g/mol. The number of carbonyl (C=O) groups is 3. The molecule has 1 unspecified atom stereocenters. The molecule has 1 aromatic rings. The number of amides is 2. The Morgan fingerprint density at radius 1 is 1.25 bits per heavy atom. The number of hydrogen-bond acceptors (Lipinski definition) is 5. The minimum absolute atomic E-state index is 0.0386. The summed E-state index contributed by atoms with van der Waals surface area (Å²) >= 11 is 6.83. The van der Waals surface area contributed by atoms with Gasteiger partial charge in [0.25, 0.3) is 0 Å². The van der Waals surface area contributed by atoms with Crippen LogP contribution < -0.4 is 0 Å². The molecule has 1 aliphatic heterocycles. The first kappa shape index (κ1) is 18.4. The van der Waals surface area contributed by atoms with Crippen molar-refractivity contribution >= 4 is 51.9 Å². The molecule has 0 bridgehead atoms. The number of Topliss-reactive ketones (excluding diaryl/α,β-unsaturated/α-hetero) is 1. The molecule has 0 aliphatic carbocycles. The highest BCUT2D eigenvalue weighted by Crippen LogP contribution is 2.22. The number of hydrogen-bond donors (Lipinski definition) is 0. The van der Waals surface area contributed by atoms with E-state index >= 15 is 0 Å². The van der Waals surface area contributed by atoms with Gasteiger partial charge in [0, 0.05) is 16.3 Å². The number of aliphatic imine (C=N–C) groups is 2. The Balaban J connectivity index is 2.10. The lowest BCUT2D eigenvalue weighted by Crippen LogP contribution is -2.34. The molecule has 1 aliphatic rings. The summed E-state index contributed by atoms with van der Waals surface area (Å²) in [7, 11) is 0. The number of rotatable bonds is 5. The zero-order valence-corrected chi connectivity index (χ0v) is 14.7. The van der Waals surface area contributed by atoms with E-state index in [4.69, 9.17) is 16.3 Å². The molecule has 2 amide bonds. The molecule has 8 heteroatoms. The van der Waals surface area contributed by atoms with Crippen LogP contribution in [0.5, 0.6) is 0 Å². The summed E-state index contributed by atoms with van der Waals surface area (Å²) in [5, 5.41) is 0.768. The lowest BCUT2D eigenvalue weighted by atomic mass is 10.1. The van der Waals surface area contributed by atoms with Crippen LogP contribution in [0.25, 0.3) is 0 Å². The highest BCUT2D eigenvalue weighted by atomic mass is 35.5. The summed E-state index contributed by atoms with van der Waals surface area (Å²) in [6.45, 7) is 3.46. The van der Waals surface area contributed by atoms with Crippen LogP contribution in [0.4, 0.5) is 4.79 Å². The van der Waals surface area contributed by atoms with Crippen molar-refractivity contribution in [2.75, 3.05) is 12.4 Å². The van der Waals surface area contributed by atoms with E-state index in [1.807, 2.05) is 0 Å². The van der Waals surface area contributed by atoms with E-state index in [9.17, 15) is 14.4 Å². The Morgan fingerprint density at radius 2 is 1.92 bits per heavy atom. The van der Waals surface area contributed by atoms with Crippen LogP contribution in [0.15, 0.2) is 34.3 Å². The van der Waals surface area contributed by atoms with Gasteiger partial charge in [-0.05, 0) is 38.1 Å². The fourth-order valence-corrected chi connectivity index (χ4v) is 3.20. The summed E-state index contributed by atoms with van der Waals surface area (Å²) in [5.74, 6) is -1.49.